The van der Waals surface area contributed by atoms with E-state index < -0.39 is 0 Å². The lowest BCUT2D eigenvalue weighted by atomic mass is 10.4. The number of benzene rings is 1. The van der Waals surface area contributed by atoms with Crippen molar-refractivity contribution in [1.82, 2.24) is 0 Å². The van der Waals surface area contributed by atoms with Gasteiger partial charge in [0.15, 0.2) is 0 Å². The molecule has 0 aliphatic heterocycles. The largest absolute Gasteiger partial charge is 0.380 e. The van der Waals surface area contributed by atoms with Gasteiger partial charge in [0.2, 0.25) is 0 Å². The summed E-state index contributed by atoms with van der Waals surface area (Å²) in [7, 11) is 0. The Bertz CT molecular complexity index is 268. The zero-order valence-electron chi connectivity index (χ0n) is 7.78. The fraction of sp³-hybridized carbons (Fsp3) is 0.400. The Morgan fingerprint density at radius 2 is 2.07 bits per heavy atom. The van der Waals surface area contributed by atoms with Crippen molar-refractivity contribution in [3.8, 4) is 0 Å². The molecule has 0 aliphatic carbocycles. The van der Waals surface area contributed by atoms with Crippen LogP contribution in [-0.4, -0.2) is 24.7 Å². The predicted molar refractivity (Wildman–Crippen MR) is 69.5 cm³/mol. The van der Waals surface area contributed by atoms with Crippen LogP contribution >= 0.6 is 40.3 Å². The maximum absolute atomic E-state index is 5.33. The molecule has 0 amide bonds. The summed E-state index contributed by atoms with van der Waals surface area (Å²) in [4.78, 5) is 1.27. The predicted octanol–water partition coefficient (Wildman–Crippen LogP) is 3.49. The molecule has 0 unspecified atom stereocenters. The quantitative estimate of drug-likeness (QED) is 0.488. The molecule has 0 spiro atoms. The van der Waals surface area contributed by atoms with Gasteiger partial charge >= 0.3 is 0 Å². The van der Waals surface area contributed by atoms with Crippen molar-refractivity contribution >= 4 is 40.3 Å². The lowest BCUT2D eigenvalue weighted by Crippen LogP contribution is -1.99. The molecule has 1 aromatic carbocycles. The average molecular weight is 293 g/mol. The molecule has 0 aliphatic rings. The number of ether oxygens (including phenoxy) is 1. The number of thioether (sulfide) groups is 1. The molecule has 1 nitrogen and oxygen atoms in total. The van der Waals surface area contributed by atoms with Crippen molar-refractivity contribution in [2.75, 3.05) is 24.7 Å². The highest BCUT2D eigenvalue weighted by Crippen LogP contribution is 2.26. The molecule has 0 saturated heterocycles. The van der Waals surface area contributed by atoms with E-state index in [1.54, 1.807) is 11.8 Å². The molecule has 1 rings (SSSR count). The van der Waals surface area contributed by atoms with Crippen molar-refractivity contribution in [3.05, 3.63) is 28.7 Å². The summed E-state index contributed by atoms with van der Waals surface area (Å²) in [6.07, 6.45) is 0. The molecule has 0 aromatic heterocycles. The third-order valence-electron chi connectivity index (χ3n) is 1.56. The van der Waals surface area contributed by atoms with Gasteiger partial charge in [0.1, 0.15) is 0 Å². The van der Waals surface area contributed by atoms with E-state index in [2.05, 4.69) is 40.7 Å². The third-order valence-corrected chi connectivity index (χ3v) is 3.73. The normalized spacial score (nSPS) is 10.4. The van der Waals surface area contributed by atoms with Gasteiger partial charge in [-0.15, -0.1) is 11.8 Å². The average Bonchev–Trinajstić information content (AvgIpc) is 2.20. The SMILES string of the molecule is SCCOCCSc1ccccc1Br. The minimum atomic E-state index is 0.736. The van der Waals surface area contributed by atoms with Gasteiger partial charge in [0, 0.05) is 20.9 Å². The minimum absolute atomic E-state index is 0.736. The van der Waals surface area contributed by atoms with Crippen LogP contribution in [0.2, 0.25) is 0 Å². The molecule has 0 saturated carbocycles. The molecule has 0 N–H and O–H groups in total. The van der Waals surface area contributed by atoms with Crippen LogP contribution in [0.5, 0.6) is 0 Å². The molecule has 0 radical (unpaired) electrons. The molecule has 4 heteroatoms. The van der Waals surface area contributed by atoms with Gasteiger partial charge in [-0.25, -0.2) is 0 Å². The number of hydrogen-bond donors (Lipinski definition) is 1. The standard InChI is InChI=1S/C10H13BrOS2/c11-9-3-1-2-4-10(9)14-8-6-12-5-7-13/h1-4,13H,5-8H2. The summed E-state index contributed by atoms with van der Waals surface area (Å²) in [6.45, 7) is 1.52. The molecule has 0 fully saturated rings. The van der Waals surface area contributed by atoms with E-state index in [0.29, 0.717) is 0 Å². The Kier molecular flexibility index (Phi) is 6.77. The van der Waals surface area contributed by atoms with Gasteiger partial charge in [-0.05, 0) is 28.1 Å². The van der Waals surface area contributed by atoms with Crippen LogP contribution in [-0.2, 0) is 4.74 Å². The van der Waals surface area contributed by atoms with Crippen molar-refractivity contribution in [3.63, 3.8) is 0 Å². The molecular formula is C10H13BrOS2. The van der Waals surface area contributed by atoms with E-state index in [1.807, 2.05) is 12.1 Å². The molecule has 1 aromatic rings. The maximum atomic E-state index is 5.33. The second kappa shape index (κ2) is 7.63. The first-order valence-electron chi connectivity index (χ1n) is 4.40. The smallest absolute Gasteiger partial charge is 0.0560 e. The summed E-state index contributed by atoms with van der Waals surface area (Å²) >= 11 is 9.38. The number of rotatable bonds is 6. The summed E-state index contributed by atoms with van der Waals surface area (Å²) in [5.74, 6) is 1.77. The summed E-state index contributed by atoms with van der Waals surface area (Å²) < 4.78 is 6.48. The van der Waals surface area contributed by atoms with Gasteiger partial charge in [-0.1, -0.05) is 12.1 Å². The van der Waals surface area contributed by atoms with E-state index in [4.69, 9.17) is 4.74 Å². The zero-order valence-corrected chi connectivity index (χ0v) is 11.1. The van der Waals surface area contributed by atoms with Gasteiger partial charge in [0.25, 0.3) is 0 Å². The van der Waals surface area contributed by atoms with E-state index in [1.165, 1.54) is 4.90 Å². The molecule has 78 valence electrons. The Balaban J connectivity index is 2.21. The van der Waals surface area contributed by atoms with Crippen LogP contribution in [0.25, 0.3) is 0 Å². The lowest BCUT2D eigenvalue weighted by molar-refractivity contribution is 0.167. The Morgan fingerprint density at radius 3 is 2.79 bits per heavy atom. The minimum Gasteiger partial charge on any atom is -0.380 e. The first kappa shape index (κ1) is 12.4. The first-order chi connectivity index (χ1) is 6.84. The molecule has 0 bridgehead atoms. The van der Waals surface area contributed by atoms with Crippen LogP contribution in [0.4, 0.5) is 0 Å². The molecule has 0 heterocycles. The number of thiol groups is 1. The maximum Gasteiger partial charge on any atom is 0.0560 e. The Morgan fingerprint density at radius 1 is 1.29 bits per heavy atom. The van der Waals surface area contributed by atoms with Crippen LogP contribution in [0.1, 0.15) is 0 Å². The highest BCUT2D eigenvalue weighted by molar-refractivity contribution is 9.10. The van der Waals surface area contributed by atoms with Gasteiger partial charge < -0.3 is 4.74 Å². The summed E-state index contributed by atoms with van der Waals surface area (Å²) in [6, 6.07) is 8.22. The topological polar surface area (TPSA) is 9.23 Å². The van der Waals surface area contributed by atoms with E-state index in [-0.39, 0.29) is 0 Å². The van der Waals surface area contributed by atoms with Crippen LogP contribution in [0.15, 0.2) is 33.6 Å². The van der Waals surface area contributed by atoms with Gasteiger partial charge in [0.05, 0.1) is 13.2 Å². The lowest BCUT2D eigenvalue weighted by Gasteiger charge is -2.04. The fourth-order valence-corrected chi connectivity index (χ4v) is 2.50. The van der Waals surface area contributed by atoms with E-state index in [0.717, 1.165) is 29.2 Å². The van der Waals surface area contributed by atoms with Crippen molar-refractivity contribution in [2.45, 2.75) is 4.90 Å². The number of hydrogen-bond acceptors (Lipinski definition) is 3. The van der Waals surface area contributed by atoms with Crippen LogP contribution < -0.4 is 0 Å². The van der Waals surface area contributed by atoms with Gasteiger partial charge in [-0.2, -0.15) is 12.6 Å². The van der Waals surface area contributed by atoms with E-state index in [9.17, 15) is 0 Å². The Labute approximate surface area is 103 Å². The molecule has 0 atom stereocenters. The zero-order chi connectivity index (χ0) is 10.2. The second-order valence-electron chi connectivity index (χ2n) is 2.61. The summed E-state index contributed by atoms with van der Waals surface area (Å²) in [5.41, 5.74) is 0. The molecule has 14 heavy (non-hydrogen) atoms. The third kappa shape index (κ3) is 4.73. The first-order valence-corrected chi connectivity index (χ1v) is 6.81. The Hall–Kier alpha value is 0.360. The van der Waals surface area contributed by atoms with Crippen LogP contribution in [0.3, 0.4) is 0 Å². The summed E-state index contributed by atoms with van der Waals surface area (Å²) in [5, 5.41) is 0. The molecular weight excluding hydrogens is 280 g/mol. The van der Waals surface area contributed by atoms with Crippen LogP contribution in [0, 0.1) is 0 Å². The van der Waals surface area contributed by atoms with E-state index >= 15 is 0 Å². The van der Waals surface area contributed by atoms with Crippen molar-refractivity contribution in [2.24, 2.45) is 0 Å². The highest BCUT2D eigenvalue weighted by atomic mass is 79.9. The van der Waals surface area contributed by atoms with Gasteiger partial charge in [-0.3, -0.25) is 0 Å². The fourth-order valence-electron chi connectivity index (χ4n) is 0.939. The monoisotopic (exact) mass is 292 g/mol. The number of halogens is 1. The van der Waals surface area contributed by atoms with Crippen molar-refractivity contribution in [1.29, 1.82) is 0 Å². The van der Waals surface area contributed by atoms with Crippen molar-refractivity contribution < 1.29 is 4.74 Å². The highest BCUT2D eigenvalue weighted by Gasteiger charge is 1.98. The second-order valence-corrected chi connectivity index (χ2v) is 5.05.